The van der Waals surface area contributed by atoms with Crippen molar-refractivity contribution >= 4 is 28.5 Å². The summed E-state index contributed by atoms with van der Waals surface area (Å²) in [6, 6.07) is 15.7. The third kappa shape index (κ3) is 3.40. The fourth-order valence-electron chi connectivity index (χ4n) is 3.87. The van der Waals surface area contributed by atoms with Gasteiger partial charge in [-0.05, 0) is 42.5 Å². The molecule has 0 bridgehead atoms. The minimum atomic E-state index is -0.399. The zero-order valence-electron chi connectivity index (χ0n) is 16.1. The number of carbonyl (C=O) groups excluding carboxylic acids is 2. The Kier molecular flexibility index (Phi) is 4.90. The third-order valence-corrected chi connectivity index (χ3v) is 5.38. The predicted octanol–water partition coefficient (Wildman–Crippen LogP) is 4.58. The summed E-state index contributed by atoms with van der Waals surface area (Å²) in [6.07, 6.45) is 3.81. The molecule has 0 spiro atoms. The van der Waals surface area contributed by atoms with Crippen LogP contribution in [0.1, 0.15) is 41.6 Å². The van der Waals surface area contributed by atoms with Crippen LogP contribution in [0.2, 0.25) is 0 Å². The molecule has 2 aromatic carbocycles. The van der Waals surface area contributed by atoms with E-state index < -0.39 is 5.97 Å². The van der Waals surface area contributed by atoms with Gasteiger partial charge < -0.3 is 14.6 Å². The first-order valence-corrected chi connectivity index (χ1v) is 9.69. The van der Waals surface area contributed by atoms with E-state index in [4.69, 9.17) is 4.74 Å². The van der Waals surface area contributed by atoms with Crippen molar-refractivity contribution in [1.29, 1.82) is 0 Å². The Labute approximate surface area is 164 Å². The second-order valence-electron chi connectivity index (χ2n) is 7.31. The Bertz CT molecular complexity index is 1020. The Balaban J connectivity index is 1.60. The van der Waals surface area contributed by atoms with Crippen molar-refractivity contribution in [2.24, 2.45) is 5.92 Å². The lowest BCUT2D eigenvalue weighted by Gasteiger charge is -2.11. The van der Waals surface area contributed by atoms with Crippen LogP contribution in [0.15, 0.2) is 54.7 Å². The van der Waals surface area contributed by atoms with Crippen LogP contribution in [0, 0.1) is 5.92 Å². The lowest BCUT2D eigenvalue weighted by atomic mass is 10.1. The molecule has 2 atom stereocenters. The minimum absolute atomic E-state index is 0.00221. The molecule has 28 heavy (non-hydrogen) atoms. The van der Waals surface area contributed by atoms with Crippen LogP contribution in [0.4, 0.5) is 5.69 Å². The first kappa shape index (κ1) is 18.3. The van der Waals surface area contributed by atoms with Gasteiger partial charge in [-0.2, -0.15) is 0 Å². The van der Waals surface area contributed by atoms with E-state index in [-0.39, 0.29) is 17.7 Å². The fourth-order valence-corrected chi connectivity index (χ4v) is 3.87. The standard InChI is InChI=1S/C23H24N2O3/c1-3-10-25-11-9-17-20(23(27)28-2)12-16(13-21(17)25)24-22(26)19-14-18(19)15-7-5-4-6-8-15/h4-9,11-13,18-19H,3,10,14H2,1-2H3,(H,24,26). The van der Waals surface area contributed by atoms with Crippen LogP contribution in [0.3, 0.4) is 0 Å². The number of nitrogens with zero attached hydrogens (tertiary/aromatic N) is 1. The highest BCUT2D eigenvalue weighted by atomic mass is 16.5. The molecular formula is C23H24N2O3. The molecule has 1 aromatic heterocycles. The Morgan fingerprint density at radius 1 is 1.18 bits per heavy atom. The molecule has 4 rings (SSSR count). The van der Waals surface area contributed by atoms with Crippen molar-refractivity contribution in [3.05, 3.63) is 65.9 Å². The van der Waals surface area contributed by atoms with Gasteiger partial charge in [0, 0.05) is 29.7 Å². The number of carbonyl (C=O) groups is 2. The number of methoxy groups -OCH3 is 1. The summed E-state index contributed by atoms with van der Waals surface area (Å²) in [6.45, 7) is 2.95. The number of benzene rings is 2. The Morgan fingerprint density at radius 3 is 2.68 bits per heavy atom. The van der Waals surface area contributed by atoms with Crippen LogP contribution in [0.5, 0.6) is 0 Å². The van der Waals surface area contributed by atoms with Crippen LogP contribution < -0.4 is 5.32 Å². The van der Waals surface area contributed by atoms with E-state index in [1.54, 1.807) is 6.07 Å². The fraction of sp³-hybridized carbons (Fsp3) is 0.304. The Hall–Kier alpha value is -3.08. The van der Waals surface area contributed by atoms with Gasteiger partial charge in [0.2, 0.25) is 5.91 Å². The molecule has 0 aliphatic heterocycles. The summed E-state index contributed by atoms with van der Waals surface area (Å²) in [5.41, 5.74) is 3.23. The van der Waals surface area contributed by atoms with Crippen molar-refractivity contribution in [3.63, 3.8) is 0 Å². The zero-order chi connectivity index (χ0) is 19.7. The van der Waals surface area contributed by atoms with Gasteiger partial charge in [-0.15, -0.1) is 0 Å². The van der Waals surface area contributed by atoms with Gasteiger partial charge in [0.25, 0.3) is 0 Å². The van der Waals surface area contributed by atoms with Crippen molar-refractivity contribution in [2.75, 3.05) is 12.4 Å². The molecule has 1 aliphatic carbocycles. The topological polar surface area (TPSA) is 60.3 Å². The minimum Gasteiger partial charge on any atom is -0.465 e. The molecule has 0 radical (unpaired) electrons. The summed E-state index contributed by atoms with van der Waals surface area (Å²) >= 11 is 0. The van der Waals surface area contributed by atoms with Gasteiger partial charge in [0.1, 0.15) is 0 Å². The van der Waals surface area contributed by atoms with Crippen molar-refractivity contribution < 1.29 is 14.3 Å². The SMILES string of the molecule is CCCn1ccc2c(C(=O)OC)cc(NC(=O)C3CC3c3ccccc3)cc21. The summed E-state index contributed by atoms with van der Waals surface area (Å²) in [5, 5.41) is 3.85. The normalized spacial score (nSPS) is 18.1. The van der Waals surface area contributed by atoms with Gasteiger partial charge in [-0.3, -0.25) is 4.79 Å². The largest absolute Gasteiger partial charge is 0.465 e. The quantitative estimate of drug-likeness (QED) is 0.641. The maximum Gasteiger partial charge on any atom is 0.338 e. The zero-order valence-corrected chi connectivity index (χ0v) is 16.1. The van der Waals surface area contributed by atoms with Crippen LogP contribution in [-0.2, 0) is 16.1 Å². The molecule has 1 aliphatic rings. The molecule has 5 heteroatoms. The maximum absolute atomic E-state index is 12.8. The molecule has 2 unspecified atom stereocenters. The number of hydrogen-bond donors (Lipinski definition) is 1. The van der Waals surface area contributed by atoms with E-state index in [9.17, 15) is 9.59 Å². The molecule has 1 heterocycles. The van der Waals surface area contributed by atoms with Gasteiger partial charge in [-0.1, -0.05) is 37.3 Å². The van der Waals surface area contributed by atoms with Crippen molar-refractivity contribution in [1.82, 2.24) is 4.57 Å². The lowest BCUT2D eigenvalue weighted by Crippen LogP contribution is -2.15. The van der Waals surface area contributed by atoms with Crippen molar-refractivity contribution in [3.8, 4) is 0 Å². The number of anilines is 1. The number of hydrogen-bond acceptors (Lipinski definition) is 3. The summed E-state index contributed by atoms with van der Waals surface area (Å²) in [4.78, 5) is 25.0. The van der Waals surface area contributed by atoms with Gasteiger partial charge in [0.05, 0.1) is 18.2 Å². The lowest BCUT2D eigenvalue weighted by molar-refractivity contribution is -0.117. The van der Waals surface area contributed by atoms with E-state index in [1.807, 2.05) is 36.5 Å². The number of fused-ring (bicyclic) bond motifs is 1. The highest BCUT2D eigenvalue weighted by Gasteiger charge is 2.43. The summed E-state index contributed by atoms with van der Waals surface area (Å²) in [7, 11) is 1.37. The van der Waals surface area contributed by atoms with E-state index in [1.165, 1.54) is 12.7 Å². The second kappa shape index (κ2) is 7.50. The number of amides is 1. The second-order valence-corrected chi connectivity index (χ2v) is 7.31. The number of aromatic nitrogens is 1. The average Bonchev–Trinajstić information content (AvgIpc) is 3.43. The number of esters is 1. The Morgan fingerprint density at radius 2 is 1.96 bits per heavy atom. The molecule has 5 nitrogen and oxygen atoms in total. The van der Waals surface area contributed by atoms with Gasteiger partial charge in [0.15, 0.2) is 0 Å². The first-order valence-electron chi connectivity index (χ1n) is 9.69. The van der Waals surface area contributed by atoms with E-state index in [0.717, 1.165) is 30.3 Å². The maximum atomic E-state index is 12.8. The van der Waals surface area contributed by atoms with Gasteiger partial charge in [-0.25, -0.2) is 4.79 Å². The monoisotopic (exact) mass is 376 g/mol. The number of rotatable bonds is 6. The van der Waals surface area contributed by atoms with Crippen molar-refractivity contribution in [2.45, 2.75) is 32.2 Å². The molecule has 3 aromatic rings. The molecule has 1 N–H and O–H groups in total. The molecule has 0 saturated heterocycles. The van der Waals surface area contributed by atoms with E-state index in [0.29, 0.717) is 11.3 Å². The molecule has 1 saturated carbocycles. The van der Waals surface area contributed by atoms with Gasteiger partial charge >= 0.3 is 5.97 Å². The average molecular weight is 376 g/mol. The summed E-state index contributed by atoms with van der Waals surface area (Å²) < 4.78 is 7.05. The van der Waals surface area contributed by atoms with Crippen LogP contribution in [-0.4, -0.2) is 23.6 Å². The van der Waals surface area contributed by atoms with Crippen LogP contribution in [0.25, 0.3) is 10.9 Å². The van der Waals surface area contributed by atoms with E-state index in [2.05, 4.69) is 28.9 Å². The highest BCUT2D eigenvalue weighted by molar-refractivity contribution is 6.07. The smallest absolute Gasteiger partial charge is 0.338 e. The molecule has 1 amide bonds. The predicted molar refractivity (Wildman–Crippen MR) is 109 cm³/mol. The highest BCUT2D eigenvalue weighted by Crippen LogP contribution is 2.48. The first-order chi connectivity index (χ1) is 13.6. The molecule has 1 fully saturated rings. The van der Waals surface area contributed by atoms with Crippen LogP contribution >= 0.6 is 0 Å². The number of nitrogens with one attached hydrogen (secondary N) is 1. The third-order valence-electron chi connectivity index (χ3n) is 5.38. The molecule has 144 valence electrons. The number of ether oxygens (including phenoxy) is 1. The van der Waals surface area contributed by atoms with E-state index >= 15 is 0 Å². The number of aryl methyl sites for hydroxylation is 1. The molecular weight excluding hydrogens is 352 g/mol. The summed E-state index contributed by atoms with van der Waals surface area (Å²) in [5.74, 6) is -0.155.